The zero-order chi connectivity index (χ0) is 16.6. The molecule has 0 amide bonds. The Balaban J connectivity index is 1.53. The summed E-state index contributed by atoms with van der Waals surface area (Å²) in [4.78, 5) is 0. The van der Waals surface area contributed by atoms with Crippen molar-refractivity contribution in [3.63, 3.8) is 0 Å². The second-order valence-corrected chi connectivity index (χ2v) is 8.68. The van der Waals surface area contributed by atoms with Crippen LogP contribution in [0.25, 0.3) is 11.3 Å². The summed E-state index contributed by atoms with van der Waals surface area (Å²) >= 11 is 2.17. The highest BCUT2D eigenvalue weighted by molar-refractivity contribution is 8.00. The molecule has 3 heteroatoms. The SMILES string of the molecule is c1ccc(-c2cc(C3C4CCC(C[C@@H]3c3ccccc3)S4)on2)cc1. The number of benzene rings is 2. The first kappa shape index (κ1) is 15.3. The molecule has 2 bridgehead atoms. The lowest BCUT2D eigenvalue weighted by Gasteiger charge is -2.35. The van der Waals surface area contributed by atoms with Crippen LogP contribution in [0.2, 0.25) is 0 Å². The Kier molecular flexibility index (Phi) is 3.90. The van der Waals surface area contributed by atoms with Crippen LogP contribution < -0.4 is 0 Å². The Morgan fingerprint density at radius 2 is 1.68 bits per heavy atom. The molecule has 25 heavy (non-hydrogen) atoms. The maximum absolute atomic E-state index is 5.90. The van der Waals surface area contributed by atoms with Gasteiger partial charge >= 0.3 is 0 Å². The Morgan fingerprint density at radius 1 is 0.920 bits per heavy atom. The van der Waals surface area contributed by atoms with Gasteiger partial charge in [-0.3, -0.25) is 0 Å². The molecule has 0 aliphatic carbocycles. The molecular formula is C22H21NOS. The second-order valence-electron chi connectivity index (χ2n) is 7.13. The summed E-state index contributed by atoms with van der Waals surface area (Å²) in [7, 11) is 0. The summed E-state index contributed by atoms with van der Waals surface area (Å²) in [6, 6.07) is 23.5. The van der Waals surface area contributed by atoms with Gasteiger partial charge < -0.3 is 4.52 Å². The Morgan fingerprint density at radius 3 is 2.48 bits per heavy atom. The van der Waals surface area contributed by atoms with Crippen molar-refractivity contribution in [3.05, 3.63) is 78.1 Å². The minimum atomic E-state index is 0.427. The van der Waals surface area contributed by atoms with Gasteiger partial charge in [-0.25, -0.2) is 0 Å². The monoisotopic (exact) mass is 347 g/mol. The maximum Gasteiger partial charge on any atom is 0.142 e. The van der Waals surface area contributed by atoms with Crippen molar-refractivity contribution in [1.82, 2.24) is 5.16 Å². The lowest BCUT2D eigenvalue weighted by Crippen LogP contribution is -2.26. The number of nitrogens with zero attached hydrogens (tertiary/aromatic N) is 1. The van der Waals surface area contributed by atoms with E-state index in [0.717, 1.165) is 22.3 Å². The van der Waals surface area contributed by atoms with Crippen molar-refractivity contribution >= 4 is 11.8 Å². The van der Waals surface area contributed by atoms with Crippen LogP contribution in [0, 0.1) is 0 Å². The number of thioether (sulfide) groups is 1. The van der Waals surface area contributed by atoms with E-state index < -0.39 is 0 Å². The van der Waals surface area contributed by atoms with Crippen LogP contribution in [0.4, 0.5) is 0 Å². The summed E-state index contributed by atoms with van der Waals surface area (Å²) in [5, 5.41) is 5.85. The van der Waals surface area contributed by atoms with Gasteiger partial charge in [-0.1, -0.05) is 65.8 Å². The van der Waals surface area contributed by atoms with Crippen molar-refractivity contribution in [2.75, 3.05) is 0 Å². The molecule has 2 aliphatic heterocycles. The van der Waals surface area contributed by atoms with E-state index in [1.807, 2.05) is 6.07 Å². The highest BCUT2D eigenvalue weighted by atomic mass is 32.2. The van der Waals surface area contributed by atoms with Crippen LogP contribution in [-0.2, 0) is 0 Å². The predicted molar refractivity (Wildman–Crippen MR) is 103 cm³/mol. The number of aromatic nitrogens is 1. The highest BCUT2D eigenvalue weighted by Gasteiger charge is 2.45. The summed E-state index contributed by atoms with van der Waals surface area (Å²) in [6.07, 6.45) is 3.89. The minimum Gasteiger partial charge on any atom is -0.360 e. The number of rotatable bonds is 3. The molecule has 5 rings (SSSR count). The van der Waals surface area contributed by atoms with E-state index >= 15 is 0 Å². The van der Waals surface area contributed by atoms with Crippen LogP contribution >= 0.6 is 11.8 Å². The molecule has 0 saturated carbocycles. The van der Waals surface area contributed by atoms with Gasteiger partial charge in [0.2, 0.25) is 0 Å². The number of hydrogen-bond acceptors (Lipinski definition) is 3. The molecule has 2 aromatic carbocycles. The molecule has 3 heterocycles. The smallest absolute Gasteiger partial charge is 0.142 e. The van der Waals surface area contributed by atoms with Crippen molar-refractivity contribution in [2.24, 2.45) is 0 Å². The van der Waals surface area contributed by atoms with Gasteiger partial charge in [0.15, 0.2) is 0 Å². The molecule has 2 nitrogen and oxygen atoms in total. The molecule has 0 radical (unpaired) electrons. The van der Waals surface area contributed by atoms with E-state index in [2.05, 4.69) is 77.6 Å². The van der Waals surface area contributed by atoms with Crippen molar-refractivity contribution in [3.8, 4) is 11.3 Å². The number of fused-ring (bicyclic) bond motifs is 2. The first-order valence-corrected chi connectivity index (χ1v) is 10.1. The molecule has 2 fully saturated rings. The first-order valence-electron chi connectivity index (χ1n) is 9.11. The molecule has 4 atom stereocenters. The van der Waals surface area contributed by atoms with E-state index in [9.17, 15) is 0 Å². The van der Waals surface area contributed by atoms with Crippen molar-refractivity contribution in [1.29, 1.82) is 0 Å². The van der Waals surface area contributed by atoms with Crippen LogP contribution in [0.5, 0.6) is 0 Å². The highest BCUT2D eigenvalue weighted by Crippen LogP contribution is 2.56. The van der Waals surface area contributed by atoms with Gasteiger partial charge in [-0.05, 0) is 30.7 Å². The van der Waals surface area contributed by atoms with Gasteiger partial charge in [0.05, 0.1) is 0 Å². The first-order chi connectivity index (χ1) is 12.4. The lowest BCUT2D eigenvalue weighted by molar-refractivity contribution is 0.334. The molecule has 0 N–H and O–H groups in total. The second kappa shape index (κ2) is 6.38. The summed E-state index contributed by atoms with van der Waals surface area (Å²) in [6.45, 7) is 0. The average Bonchev–Trinajstić information content (AvgIpc) is 3.31. The molecule has 2 saturated heterocycles. The van der Waals surface area contributed by atoms with E-state index in [4.69, 9.17) is 4.52 Å². The molecule has 2 aliphatic rings. The maximum atomic E-state index is 5.90. The third-order valence-corrected chi connectivity index (χ3v) is 7.34. The topological polar surface area (TPSA) is 26.0 Å². The summed E-state index contributed by atoms with van der Waals surface area (Å²) in [5.74, 6) is 2.03. The molecule has 3 unspecified atom stereocenters. The quantitative estimate of drug-likeness (QED) is 0.592. The normalized spacial score (nSPS) is 28.2. The molecule has 126 valence electrons. The van der Waals surface area contributed by atoms with E-state index in [-0.39, 0.29) is 0 Å². The minimum absolute atomic E-state index is 0.427. The largest absolute Gasteiger partial charge is 0.360 e. The Labute approximate surface area is 152 Å². The van der Waals surface area contributed by atoms with Crippen LogP contribution in [0.1, 0.15) is 42.4 Å². The fourth-order valence-corrected chi connectivity index (χ4v) is 6.33. The third-order valence-electron chi connectivity index (χ3n) is 5.65. The van der Waals surface area contributed by atoms with E-state index in [1.165, 1.54) is 24.8 Å². The van der Waals surface area contributed by atoms with Crippen molar-refractivity contribution in [2.45, 2.75) is 41.6 Å². The summed E-state index contributed by atoms with van der Waals surface area (Å²) in [5.41, 5.74) is 3.52. The van der Waals surface area contributed by atoms with Crippen LogP contribution in [-0.4, -0.2) is 15.7 Å². The predicted octanol–water partition coefficient (Wildman–Crippen LogP) is 5.88. The Hall–Kier alpha value is -2.00. The third kappa shape index (κ3) is 2.81. The standard InChI is InChI=1S/C22H21NOS/c1-3-7-15(8-4-1)18-13-17-11-12-21(25-17)22(18)20-14-19(23-24-20)16-9-5-2-6-10-16/h1-10,14,17-18,21-22H,11-13H2/t17?,18-,21?,22?/m1/s1. The van der Waals surface area contributed by atoms with E-state index in [0.29, 0.717) is 17.1 Å². The van der Waals surface area contributed by atoms with Gasteiger partial charge in [0.1, 0.15) is 11.5 Å². The average molecular weight is 347 g/mol. The number of hydrogen-bond donors (Lipinski definition) is 0. The van der Waals surface area contributed by atoms with Crippen LogP contribution in [0.3, 0.4) is 0 Å². The zero-order valence-corrected chi connectivity index (χ0v) is 14.9. The lowest BCUT2D eigenvalue weighted by atomic mass is 9.80. The van der Waals surface area contributed by atoms with E-state index in [1.54, 1.807) is 0 Å². The van der Waals surface area contributed by atoms with Crippen molar-refractivity contribution < 1.29 is 4.52 Å². The van der Waals surface area contributed by atoms with Gasteiger partial charge in [-0.2, -0.15) is 11.8 Å². The molecular weight excluding hydrogens is 326 g/mol. The molecule has 3 aromatic rings. The fraction of sp³-hybridized carbons (Fsp3) is 0.318. The zero-order valence-electron chi connectivity index (χ0n) is 14.0. The molecule has 1 aromatic heterocycles. The Bertz CT molecular complexity index is 845. The summed E-state index contributed by atoms with van der Waals surface area (Å²) < 4.78 is 5.90. The van der Waals surface area contributed by atoms with Gasteiger partial charge in [-0.15, -0.1) is 0 Å². The van der Waals surface area contributed by atoms with Crippen LogP contribution in [0.15, 0.2) is 71.3 Å². The van der Waals surface area contributed by atoms with Gasteiger partial charge in [0.25, 0.3) is 0 Å². The van der Waals surface area contributed by atoms with Gasteiger partial charge in [0, 0.05) is 28.0 Å². The fourth-order valence-electron chi connectivity index (χ4n) is 4.48. The molecule has 0 spiro atoms.